The number of nitrogens with one attached hydrogen (secondary N) is 1. The second kappa shape index (κ2) is 15.5. The van der Waals surface area contributed by atoms with Gasteiger partial charge in [-0.15, -0.1) is 0 Å². The Labute approximate surface area is 253 Å². The maximum atomic E-state index is 14.1. The van der Waals surface area contributed by atoms with E-state index in [1.54, 1.807) is 12.1 Å². The van der Waals surface area contributed by atoms with Crippen molar-refractivity contribution in [2.75, 3.05) is 31.6 Å². The Bertz CT molecular complexity index is 1430. The third-order valence-corrected chi connectivity index (χ3v) is 8.77. The number of methoxy groups -OCH3 is 2. The molecule has 226 valence electrons. The van der Waals surface area contributed by atoms with Crippen molar-refractivity contribution in [1.82, 2.24) is 10.2 Å². The standard InChI is InChI=1S/C31H38ClN3O6S/c1-5-7-19-33-31(37)27(6-2)34(21-23-11-9-8-10-12-23)30(36)22-35(25-15-13-24(32)14-16-25)42(38,39)26-17-18-28(40-3)29(20-26)41-4/h8-18,20,27H,5-7,19,21-22H2,1-4H3,(H,33,37)/t27-/m0/s1. The molecule has 1 N–H and O–H groups in total. The van der Waals surface area contributed by atoms with Crippen molar-refractivity contribution in [2.45, 2.75) is 50.6 Å². The molecular weight excluding hydrogens is 578 g/mol. The van der Waals surface area contributed by atoms with Crippen LogP contribution in [0.15, 0.2) is 77.7 Å². The molecule has 3 aromatic carbocycles. The maximum Gasteiger partial charge on any atom is 0.264 e. The average Bonchev–Trinajstić information content (AvgIpc) is 3.00. The van der Waals surface area contributed by atoms with Gasteiger partial charge in [-0.3, -0.25) is 13.9 Å². The van der Waals surface area contributed by atoms with Crippen molar-refractivity contribution in [2.24, 2.45) is 0 Å². The maximum absolute atomic E-state index is 14.1. The molecule has 2 amide bonds. The number of hydrogen-bond donors (Lipinski definition) is 1. The predicted octanol–water partition coefficient (Wildman–Crippen LogP) is 5.28. The van der Waals surface area contributed by atoms with Gasteiger partial charge in [0.15, 0.2) is 11.5 Å². The van der Waals surface area contributed by atoms with Gasteiger partial charge in [0.1, 0.15) is 12.6 Å². The predicted molar refractivity (Wildman–Crippen MR) is 165 cm³/mol. The Morgan fingerprint density at radius 3 is 2.19 bits per heavy atom. The number of unbranched alkanes of at least 4 members (excludes halogenated alkanes) is 1. The lowest BCUT2D eigenvalue weighted by Crippen LogP contribution is -2.52. The normalized spacial score (nSPS) is 11.8. The summed E-state index contributed by atoms with van der Waals surface area (Å²) in [4.78, 5) is 28.7. The molecule has 9 nitrogen and oxygen atoms in total. The number of rotatable bonds is 15. The first-order valence-electron chi connectivity index (χ1n) is 13.8. The van der Waals surface area contributed by atoms with E-state index < -0.39 is 28.5 Å². The number of sulfonamides is 1. The summed E-state index contributed by atoms with van der Waals surface area (Å²) in [6, 6.07) is 18.9. The Morgan fingerprint density at radius 1 is 0.929 bits per heavy atom. The van der Waals surface area contributed by atoms with E-state index in [1.807, 2.05) is 44.2 Å². The number of amides is 2. The van der Waals surface area contributed by atoms with Crippen LogP contribution in [-0.2, 0) is 26.2 Å². The molecule has 0 unspecified atom stereocenters. The average molecular weight is 616 g/mol. The van der Waals surface area contributed by atoms with Gasteiger partial charge in [-0.25, -0.2) is 8.42 Å². The van der Waals surface area contributed by atoms with Gasteiger partial charge in [0, 0.05) is 24.2 Å². The molecule has 0 aliphatic heterocycles. The second-order valence-corrected chi connectivity index (χ2v) is 11.9. The van der Waals surface area contributed by atoms with Gasteiger partial charge in [0.05, 0.1) is 24.8 Å². The molecule has 0 radical (unpaired) electrons. The number of hydrogen-bond acceptors (Lipinski definition) is 6. The monoisotopic (exact) mass is 615 g/mol. The first kappa shape index (κ1) is 32.8. The lowest BCUT2D eigenvalue weighted by molar-refractivity contribution is -0.140. The summed E-state index contributed by atoms with van der Waals surface area (Å²) in [5.74, 6) is -0.229. The van der Waals surface area contributed by atoms with Gasteiger partial charge in [-0.2, -0.15) is 0 Å². The highest BCUT2D eigenvalue weighted by molar-refractivity contribution is 7.92. The van der Waals surface area contributed by atoms with Gasteiger partial charge < -0.3 is 19.7 Å². The Balaban J connectivity index is 2.05. The van der Waals surface area contributed by atoms with Crippen LogP contribution in [0, 0.1) is 0 Å². The van der Waals surface area contributed by atoms with Crippen molar-refractivity contribution >= 4 is 39.1 Å². The number of ether oxygens (including phenoxy) is 2. The minimum Gasteiger partial charge on any atom is -0.493 e. The van der Waals surface area contributed by atoms with E-state index in [9.17, 15) is 18.0 Å². The molecule has 0 aromatic heterocycles. The fourth-order valence-electron chi connectivity index (χ4n) is 4.45. The summed E-state index contributed by atoms with van der Waals surface area (Å²) in [6.45, 7) is 3.92. The van der Waals surface area contributed by atoms with Crippen molar-refractivity contribution in [3.8, 4) is 11.5 Å². The topological polar surface area (TPSA) is 105 Å². The zero-order chi connectivity index (χ0) is 30.7. The summed E-state index contributed by atoms with van der Waals surface area (Å²) in [6.07, 6.45) is 2.07. The minimum absolute atomic E-state index is 0.0955. The second-order valence-electron chi connectivity index (χ2n) is 9.58. The molecule has 0 saturated carbocycles. The molecule has 0 spiro atoms. The number of halogens is 1. The highest BCUT2D eigenvalue weighted by atomic mass is 35.5. The molecule has 0 heterocycles. The lowest BCUT2D eigenvalue weighted by Gasteiger charge is -2.33. The smallest absolute Gasteiger partial charge is 0.264 e. The van der Waals surface area contributed by atoms with E-state index in [1.165, 1.54) is 49.5 Å². The number of carbonyl (C=O) groups is 2. The highest BCUT2D eigenvalue weighted by Gasteiger charge is 2.34. The summed E-state index contributed by atoms with van der Waals surface area (Å²) in [5.41, 5.74) is 1.05. The molecule has 11 heteroatoms. The van der Waals surface area contributed by atoms with Crippen LogP contribution in [0.2, 0.25) is 5.02 Å². The molecule has 1 atom stereocenters. The SMILES string of the molecule is CCCCNC(=O)[C@H](CC)N(Cc1ccccc1)C(=O)CN(c1ccc(Cl)cc1)S(=O)(=O)c1ccc(OC)c(OC)c1. The number of carbonyl (C=O) groups excluding carboxylic acids is 2. The molecule has 42 heavy (non-hydrogen) atoms. The van der Waals surface area contributed by atoms with E-state index in [0.717, 1.165) is 22.7 Å². The molecule has 0 saturated heterocycles. The number of anilines is 1. The Kier molecular flexibility index (Phi) is 12.1. The third-order valence-electron chi connectivity index (χ3n) is 6.75. The van der Waals surface area contributed by atoms with E-state index in [0.29, 0.717) is 23.7 Å². The molecule has 3 rings (SSSR count). The van der Waals surface area contributed by atoms with E-state index in [2.05, 4.69) is 5.32 Å². The van der Waals surface area contributed by atoms with Gasteiger partial charge in [0.2, 0.25) is 11.8 Å². The van der Waals surface area contributed by atoms with Gasteiger partial charge >= 0.3 is 0 Å². The van der Waals surface area contributed by atoms with Crippen molar-refractivity contribution < 1.29 is 27.5 Å². The molecule has 3 aromatic rings. The van der Waals surface area contributed by atoms with Crippen LogP contribution in [0.25, 0.3) is 0 Å². The first-order valence-corrected chi connectivity index (χ1v) is 15.6. The van der Waals surface area contributed by atoms with Crippen molar-refractivity contribution in [3.63, 3.8) is 0 Å². The van der Waals surface area contributed by atoms with Crippen LogP contribution < -0.4 is 19.1 Å². The van der Waals surface area contributed by atoms with E-state index >= 15 is 0 Å². The Hall–Kier alpha value is -3.76. The van der Waals surface area contributed by atoms with Crippen LogP contribution in [0.3, 0.4) is 0 Å². The molecular formula is C31H38ClN3O6S. The van der Waals surface area contributed by atoms with Crippen LogP contribution in [-0.4, -0.2) is 58.5 Å². The summed E-state index contributed by atoms with van der Waals surface area (Å²) in [5, 5.41) is 3.33. The lowest BCUT2D eigenvalue weighted by atomic mass is 10.1. The zero-order valence-corrected chi connectivity index (χ0v) is 26.0. The van der Waals surface area contributed by atoms with E-state index in [4.69, 9.17) is 21.1 Å². The van der Waals surface area contributed by atoms with Gasteiger partial charge in [-0.05, 0) is 54.8 Å². The highest BCUT2D eigenvalue weighted by Crippen LogP contribution is 2.32. The van der Waals surface area contributed by atoms with E-state index in [-0.39, 0.29) is 28.8 Å². The van der Waals surface area contributed by atoms with Gasteiger partial charge in [-0.1, -0.05) is 62.2 Å². The van der Waals surface area contributed by atoms with Crippen molar-refractivity contribution in [3.05, 3.63) is 83.4 Å². The number of nitrogens with zero attached hydrogens (tertiary/aromatic N) is 2. The van der Waals surface area contributed by atoms with Crippen LogP contribution in [0.1, 0.15) is 38.7 Å². The largest absolute Gasteiger partial charge is 0.493 e. The minimum atomic E-state index is -4.29. The van der Waals surface area contributed by atoms with Gasteiger partial charge in [0.25, 0.3) is 10.0 Å². The Morgan fingerprint density at radius 2 is 1.60 bits per heavy atom. The molecule has 0 aliphatic carbocycles. The molecule has 0 bridgehead atoms. The zero-order valence-electron chi connectivity index (χ0n) is 24.4. The van der Waals surface area contributed by atoms with Crippen LogP contribution >= 0.6 is 11.6 Å². The molecule has 0 aliphatic rings. The fraction of sp³-hybridized carbons (Fsp3) is 0.355. The molecule has 0 fully saturated rings. The van der Waals surface area contributed by atoms with Crippen LogP contribution in [0.4, 0.5) is 5.69 Å². The third kappa shape index (κ3) is 8.17. The quantitative estimate of drug-likeness (QED) is 0.233. The first-order chi connectivity index (χ1) is 20.2. The number of benzene rings is 3. The fourth-order valence-corrected chi connectivity index (χ4v) is 6.00. The summed E-state index contributed by atoms with van der Waals surface area (Å²) >= 11 is 6.10. The van der Waals surface area contributed by atoms with Crippen LogP contribution in [0.5, 0.6) is 11.5 Å². The summed E-state index contributed by atoms with van der Waals surface area (Å²) < 4.78 is 39.8. The summed E-state index contributed by atoms with van der Waals surface area (Å²) in [7, 11) is -1.43. The van der Waals surface area contributed by atoms with Crippen molar-refractivity contribution in [1.29, 1.82) is 0 Å².